The standard InChI is InChI=1S/C14H16BrNS/c1-9-6-12(15)8-13(7-9)16-11(3)14-5-4-10(2)17-14/h4-8,11,16H,1-3H3. The maximum atomic E-state index is 3.53. The van der Waals surface area contributed by atoms with Crippen molar-refractivity contribution in [1.29, 1.82) is 0 Å². The SMILES string of the molecule is Cc1cc(Br)cc(NC(C)c2ccc(C)s2)c1. The smallest absolute Gasteiger partial charge is 0.0578 e. The van der Waals surface area contributed by atoms with Crippen LogP contribution in [0, 0.1) is 13.8 Å². The van der Waals surface area contributed by atoms with Gasteiger partial charge in [0.2, 0.25) is 0 Å². The molecule has 1 unspecified atom stereocenters. The van der Waals surface area contributed by atoms with Gasteiger partial charge in [-0.25, -0.2) is 0 Å². The highest BCUT2D eigenvalue weighted by Gasteiger charge is 2.07. The van der Waals surface area contributed by atoms with Gasteiger partial charge in [-0.05, 0) is 56.7 Å². The lowest BCUT2D eigenvalue weighted by Gasteiger charge is -2.14. The maximum absolute atomic E-state index is 3.53. The summed E-state index contributed by atoms with van der Waals surface area (Å²) in [7, 11) is 0. The van der Waals surface area contributed by atoms with E-state index in [9.17, 15) is 0 Å². The van der Waals surface area contributed by atoms with E-state index in [-0.39, 0.29) is 0 Å². The predicted octanol–water partition coefficient (Wildman–Crippen LogP) is 5.30. The molecule has 1 nitrogen and oxygen atoms in total. The summed E-state index contributed by atoms with van der Waals surface area (Å²) in [5.74, 6) is 0. The number of thiophene rings is 1. The summed E-state index contributed by atoms with van der Waals surface area (Å²) in [4.78, 5) is 2.74. The highest BCUT2D eigenvalue weighted by Crippen LogP contribution is 2.27. The van der Waals surface area contributed by atoms with E-state index in [2.05, 4.69) is 72.3 Å². The van der Waals surface area contributed by atoms with Crippen LogP contribution < -0.4 is 5.32 Å². The van der Waals surface area contributed by atoms with Crippen molar-refractivity contribution >= 4 is 33.0 Å². The van der Waals surface area contributed by atoms with E-state index in [0.717, 1.165) is 10.2 Å². The third-order valence-electron chi connectivity index (χ3n) is 2.61. The highest BCUT2D eigenvalue weighted by molar-refractivity contribution is 9.10. The molecule has 1 N–H and O–H groups in total. The number of hydrogen-bond acceptors (Lipinski definition) is 2. The molecule has 0 radical (unpaired) electrons. The topological polar surface area (TPSA) is 12.0 Å². The average molecular weight is 310 g/mol. The van der Waals surface area contributed by atoms with Crippen molar-refractivity contribution < 1.29 is 0 Å². The van der Waals surface area contributed by atoms with E-state index in [4.69, 9.17) is 0 Å². The Bertz CT molecular complexity index is 498. The molecule has 2 aromatic rings. The van der Waals surface area contributed by atoms with Crippen LogP contribution in [0.3, 0.4) is 0 Å². The zero-order valence-corrected chi connectivity index (χ0v) is 12.7. The Labute approximate surface area is 115 Å². The molecule has 90 valence electrons. The van der Waals surface area contributed by atoms with Gasteiger partial charge in [0, 0.05) is 19.9 Å². The molecule has 0 aliphatic rings. The van der Waals surface area contributed by atoms with Crippen LogP contribution in [0.5, 0.6) is 0 Å². The number of anilines is 1. The van der Waals surface area contributed by atoms with Gasteiger partial charge in [-0.1, -0.05) is 15.9 Å². The second-order valence-electron chi connectivity index (χ2n) is 4.33. The van der Waals surface area contributed by atoms with Gasteiger partial charge < -0.3 is 5.32 Å². The second kappa shape index (κ2) is 5.23. The van der Waals surface area contributed by atoms with Gasteiger partial charge in [0.05, 0.1) is 6.04 Å². The van der Waals surface area contributed by atoms with Crippen molar-refractivity contribution in [2.45, 2.75) is 26.8 Å². The molecule has 1 atom stereocenters. The lowest BCUT2D eigenvalue weighted by molar-refractivity contribution is 0.907. The summed E-state index contributed by atoms with van der Waals surface area (Å²) in [6.07, 6.45) is 0. The Morgan fingerprint density at radius 3 is 2.53 bits per heavy atom. The average Bonchev–Trinajstić information content (AvgIpc) is 2.63. The van der Waals surface area contributed by atoms with E-state index >= 15 is 0 Å². The van der Waals surface area contributed by atoms with Crippen LogP contribution in [0.15, 0.2) is 34.8 Å². The molecule has 1 aromatic carbocycles. The Balaban J connectivity index is 2.15. The molecule has 0 saturated heterocycles. The summed E-state index contributed by atoms with van der Waals surface area (Å²) >= 11 is 5.38. The van der Waals surface area contributed by atoms with Gasteiger partial charge in [0.25, 0.3) is 0 Å². The van der Waals surface area contributed by atoms with Gasteiger partial charge in [0.15, 0.2) is 0 Å². The van der Waals surface area contributed by atoms with Crippen LogP contribution in [-0.4, -0.2) is 0 Å². The summed E-state index contributed by atoms with van der Waals surface area (Å²) in [6, 6.07) is 11.1. The van der Waals surface area contributed by atoms with Gasteiger partial charge in [-0.15, -0.1) is 11.3 Å². The molecule has 3 heteroatoms. The Kier molecular flexibility index (Phi) is 3.89. The number of hydrogen-bond donors (Lipinski definition) is 1. The molecular formula is C14H16BrNS. The molecule has 1 heterocycles. The fourth-order valence-electron chi connectivity index (χ4n) is 1.83. The van der Waals surface area contributed by atoms with Crippen molar-refractivity contribution in [3.05, 3.63) is 50.1 Å². The van der Waals surface area contributed by atoms with Crippen molar-refractivity contribution in [2.75, 3.05) is 5.32 Å². The molecular weight excluding hydrogens is 294 g/mol. The lowest BCUT2D eigenvalue weighted by Crippen LogP contribution is -2.04. The summed E-state index contributed by atoms with van der Waals surface area (Å²) < 4.78 is 1.12. The Hall–Kier alpha value is -0.800. The van der Waals surface area contributed by atoms with Crippen LogP contribution in [-0.2, 0) is 0 Å². The fourth-order valence-corrected chi connectivity index (χ4v) is 3.31. The summed E-state index contributed by atoms with van der Waals surface area (Å²) in [5, 5.41) is 3.53. The first-order valence-electron chi connectivity index (χ1n) is 5.64. The van der Waals surface area contributed by atoms with Crippen molar-refractivity contribution in [3.63, 3.8) is 0 Å². The van der Waals surface area contributed by atoms with Gasteiger partial charge >= 0.3 is 0 Å². The van der Waals surface area contributed by atoms with Crippen molar-refractivity contribution in [2.24, 2.45) is 0 Å². The van der Waals surface area contributed by atoms with Crippen LogP contribution in [0.4, 0.5) is 5.69 Å². The van der Waals surface area contributed by atoms with Crippen LogP contribution in [0.2, 0.25) is 0 Å². The van der Waals surface area contributed by atoms with E-state index in [1.54, 1.807) is 0 Å². The molecule has 0 amide bonds. The first-order valence-corrected chi connectivity index (χ1v) is 7.25. The maximum Gasteiger partial charge on any atom is 0.0578 e. The predicted molar refractivity (Wildman–Crippen MR) is 80.0 cm³/mol. The number of halogens is 1. The van der Waals surface area contributed by atoms with Crippen LogP contribution in [0.1, 0.15) is 28.3 Å². The summed E-state index contributed by atoms with van der Waals surface area (Å²) in [6.45, 7) is 6.45. The quantitative estimate of drug-likeness (QED) is 0.811. The zero-order valence-electron chi connectivity index (χ0n) is 10.3. The largest absolute Gasteiger partial charge is 0.378 e. The molecule has 0 spiro atoms. The van der Waals surface area contributed by atoms with E-state index in [0.29, 0.717) is 6.04 Å². The van der Waals surface area contributed by atoms with Gasteiger partial charge in [0.1, 0.15) is 0 Å². The molecule has 0 fully saturated rings. The lowest BCUT2D eigenvalue weighted by atomic mass is 10.2. The van der Waals surface area contributed by atoms with E-state index in [1.165, 1.54) is 15.3 Å². The normalized spacial score (nSPS) is 12.5. The number of nitrogens with one attached hydrogen (secondary N) is 1. The molecule has 0 bridgehead atoms. The minimum absolute atomic E-state index is 0.349. The number of benzene rings is 1. The van der Waals surface area contributed by atoms with Crippen LogP contribution >= 0.6 is 27.3 Å². The van der Waals surface area contributed by atoms with Gasteiger partial charge in [-0.3, -0.25) is 0 Å². The number of aryl methyl sites for hydroxylation is 2. The fraction of sp³-hybridized carbons (Fsp3) is 0.286. The minimum atomic E-state index is 0.349. The van der Waals surface area contributed by atoms with Crippen LogP contribution in [0.25, 0.3) is 0 Å². The van der Waals surface area contributed by atoms with E-state index in [1.807, 2.05) is 11.3 Å². The highest BCUT2D eigenvalue weighted by atomic mass is 79.9. The molecule has 0 saturated carbocycles. The van der Waals surface area contributed by atoms with Gasteiger partial charge in [-0.2, -0.15) is 0 Å². The number of rotatable bonds is 3. The molecule has 17 heavy (non-hydrogen) atoms. The Morgan fingerprint density at radius 2 is 1.94 bits per heavy atom. The summed E-state index contributed by atoms with van der Waals surface area (Å²) in [5.41, 5.74) is 2.42. The third-order valence-corrected chi connectivity index (χ3v) is 4.25. The second-order valence-corrected chi connectivity index (χ2v) is 6.57. The first kappa shape index (κ1) is 12.7. The zero-order chi connectivity index (χ0) is 12.4. The van der Waals surface area contributed by atoms with Crippen molar-refractivity contribution in [1.82, 2.24) is 0 Å². The van der Waals surface area contributed by atoms with Crippen molar-refractivity contribution in [3.8, 4) is 0 Å². The molecule has 0 aliphatic carbocycles. The third kappa shape index (κ3) is 3.33. The minimum Gasteiger partial charge on any atom is -0.378 e. The first-order chi connectivity index (χ1) is 8.04. The molecule has 2 rings (SSSR count). The molecule has 1 aromatic heterocycles. The Morgan fingerprint density at radius 1 is 1.18 bits per heavy atom. The monoisotopic (exact) mass is 309 g/mol. The van der Waals surface area contributed by atoms with E-state index < -0.39 is 0 Å². The molecule has 0 aliphatic heterocycles.